The van der Waals surface area contributed by atoms with Gasteiger partial charge in [0.1, 0.15) is 0 Å². The van der Waals surface area contributed by atoms with E-state index >= 15 is 0 Å². The Morgan fingerprint density at radius 1 is 1.04 bits per heavy atom. The molecule has 2 aromatic carbocycles. The Hall–Kier alpha value is -2.86. The summed E-state index contributed by atoms with van der Waals surface area (Å²) in [7, 11) is 0. The van der Waals surface area contributed by atoms with Gasteiger partial charge in [-0.25, -0.2) is 4.79 Å². The molecular formula is C20H24N4O2. The van der Waals surface area contributed by atoms with Gasteiger partial charge in [0.15, 0.2) is 0 Å². The number of amides is 1. The third kappa shape index (κ3) is 4.83. The van der Waals surface area contributed by atoms with Crippen LogP contribution in [0.2, 0.25) is 0 Å². The molecule has 0 saturated heterocycles. The smallest absolute Gasteiger partial charge is 0.323 e. The van der Waals surface area contributed by atoms with Crippen LogP contribution in [0.4, 0.5) is 5.69 Å². The van der Waals surface area contributed by atoms with Gasteiger partial charge >= 0.3 is 5.69 Å². The lowest BCUT2D eigenvalue weighted by Gasteiger charge is -2.08. The second-order valence-electron chi connectivity index (χ2n) is 6.34. The number of carbonyl (C=O) groups is 1. The highest BCUT2D eigenvalue weighted by Crippen LogP contribution is 2.14. The number of aromatic nitrogens is 2. The van der Waals surface area contributed by atoms with Crippen LogP contribution in [0.5, 0.6) is 0 Å². The fourth-order valence-electron chi connectivity index (χ4n) is 2.94. The molecule has 4 N–H and O–H groups in total. The fraction of sp³-hybridized carbons (Fsp3) is 0.300. The van der Waals surface area contributed by atoms with Gasteiger partial charge in [0.05, 0.1) is 11.0 Å². The van der Waals surface area contributed by atoms with Gasteiger partial charge < -0.3 is 20.6 Å². The number of imidazole rings is 1. The van der Waals surface area contributed by atoms with Crippen LogP contribution in [0.25, 0.3) is 11.0 Å². The van der Waals surface area contributed by atoms with Crippen molar-refractivity contribution in [3.05, 3.63) is 64.1 Å². The number of H-pyrrole nitrogens is 2. The van der Waals surface area contributed by atoms with E-state index in [2.05, 4.69) is 27.5 Å². The molecule has 3 aromatic rings. The highest BCUT2D eigenvalue weighted by atomic mass is 16.1. The Balaban J connectivity index is 1.49. The second-order valence-corrected chi connectivity index (χ2v) is 6.34. The van der Waals surface area contributed by atoms with E-state index in [1.165, 1.54) is 0 Å². The minimum Gasteiger partial charge on any atom is -0.326 e. The summed E-state index contributed by atoms with van der Waals surface area (Å²) < 4.78 is 0. The monoisotopic (exact) mass is 352 g/mol. The van der Waals surface area contributed by atoms with Crippen LogP contribution in [-0.4, -0.2) is 22.4 Å². The van der Waals surface area contributed by atoms with Crippen LogP contribution in [0.15, 0.2) is 47.3 Å². The minimum atomic E-state index is -0.201. The first-order valence-electron chi connectivity index (χ1n) is 8.94. The predicted octanol–water partition coefficient (Wildman–Crippen LogP) is 2.93. The highest BCUT2D eigenvalue weighted by Gasteiger charge is 2.05. The van der Waals surface area contributed by atoms with Crippen molar-refractivity contribution in [3.63, 3.8) is 0 Å². The number of benzene rings is 2. The Morgan fingerprint density at radius 3 is 2.73 bits per heavy atom. The second kappa shape index (κ2) is 8.49. The molecule has 0 unspecified atom stereocenters. The maximum Gasteiger partial charge on any atom is 0.323 e. The number of hydrogen-bond acceptors (Lipinski definition) is 3. The van der Waals surface area contributed by atoms with Crippen LogP contribution in [0, 0.1) is 0 Å². The summed E-state index contributed by atoms with van der Waals surface area (Å²) in [5.41, 5.74) is 4.49. The lowest BCUT2D eigenvalue weighted by atomic mass is 10.1. The summed E-state index contributed by atoms with van der Waals surface area (Å²) in [6.45, 7) is 3.78. The van der Waals surface area contributed by atoms with Crippen LogP contribution in [-0.2, 0) is 17.8 Å². The summed E-state index contributed by atoms with van der Waals surface area (Å²) >= 11 is 0. The number of anilines is 1. The quantitative estimate of drug-likeness (QED) is 0.502. The summed E-state index contributed by atoms with van der Waals surface area (Å²) in [4.78, 5) is 28.9. The number of fused-ring (bicyclic) bond motifs is 1. The molecule has 0 aliphatic carbocycles. The van der Waals surface area contributed by atoms with Crippen LogP contribution in [0.3, 0.4) is 0 Å². The molecule has 6 heteroatoms. The van der Waals surface area contributed by atoms with Crippen LogP contribution < -0.4 is 16.3 Å². The molecule has 0 aliphatic heterocycles. The van der Waals surface area contributed by atoms with Crippen molar-refractivity contribution in [3.8, 4) is 0 Å². The molecule has 0 spiro atoms. The van der Waals surface area contributed by atoms with E-state index in [4.69, 9.17) is 0 Å². The summed E-state index contributed by atoms with van der Waals surface area (Å²) in [6.07, 6.45) is 2.00. The third-order valence-electron chi connectivity index (χ3n) is 4.24. The van der Waals surface area contributed by atoms with Crippen LogP contribution in [0.1, 0.15) is 30.9 Å². The van der Waals surface area contributed by atoms with Crippen LogP contribution >= 0.6 is 0 Å². The summed E-state index contributed by atoms with van der Waals surface area (Å²) in [5, 5.41) is 6.23. The van der Waals surface area contributed by atoms with Crippen molar-refractivity contribution in [2.24, 2.45) is 0 Å². The first-order valence-corrected chi connectivity index (χ1v) is 8.94. The summed E-state index contributed by atoms with van der Waals surface area (Å²) in [5.74, 6) is 0.0155. The number of aryl methyl sites for hydroxylation is 1. The van der Waals surface area contributed by atoms with Crippen molar-refractivity contribution < 1.29 is 4.79 Å². The number of hydrogen-bond donors (Lipinski definition) is 4. The topological polar surface area (TPSA) is 89.8 Å². The molecule has 136 valence electrons. The van der Waals surface area contributed by atoms with Gasteiger partial charge in [0, 0.05) is 18.7 Å². The van der Waals surface area contributed by atoms with Gasteiger partial charge in [0.25, 0.3) is 0 Å². The Kier molecular flexibility index (Phi) is 5.86. The van der Waals surface area contributed by atoms with Gasteiger partial charge in [-0.15, -0.1) is 0 Å². The van der Waals surface area contributed by atoms with Crippen molar-refractivity contribution in [2.45, 2.75) is 32.7 Å². The highest BCUT2D eigenvalue weighted by molar-refractivity contribution is 5.90. The Morgan fingerprint density at radius 2 is 1.88 bits per heavy atom. The van der Waals surface area contributed by atoms with E-state index in [1.807, 2.05) is 42.5 Å². The van der Waals surface area contributed by atoms with Gasteiger partial charge in [-0.2, -0.15) is 0 Å². The molecule has 0 fully saturated rings. The number of aromatic amines is 2. The average Bonchev–Trinajstić information content (AvgIpc) is 2.99. The molecule has 1 aromatic heterocycles. The van der Waals surface area contributed by atoms with Crippen molar-refractivity contribution in [2.75, 3.05) is 11.9 Å². The lowest BCUT2D eigenvalue weighted by Crippen LogP contribution is -2.14. The van der Waals surface area contributed by atoms with Gasteiger partial charge in [0.2, 0.25) is 5.91 Å². The van der Waals surface area contributed by atoms with Crippen molar-refractivity contribution >= 4 is 22.6 Å². The molecule has 1 amide bonds. The number of carbonyl (C=O) groups excluding carboxylic acids is 1. The molecule has 0 radical (unpaired) electrons. The maximum atomic E-state index is 12.2. The molecular weight excluding hydrogens is 328 g/mol. The lowest BCUT2D eigenvalue weighted by molar-refractivity contribution is -0.116. The first kappa shape index (κ1) is 17.9. The molecule has 6 nitrogen and oxygen atoms in total. The van der Waals surface area contributed by atoms with E-state index < -0.39 is 0 Å². The fourth-order valence-corrected chi connectivity index (χ4v) is 2.94. The Labute approximate surface area is 152 Å². The summed E-state index contributed by atoms with van der Waals surface area (Å²) in [6, 6.07) is 13.7. The van der Waals surface area contributed by atoms with E-state index in [0.29, 0.717) is 6.42 Å². The van der Waals surface area contributed by atoms with E-state index in [9.17, 15) is 9.59 Å². The molecule has 1 heterocycles. The molecule has 0 atom stereocenters. The van der Waals surface area contributed by atoms with E-state index in [-0.39, 0.29) is 11.6 Å². The van der Waals surface area contributed by atoms with Gasteiger partial charge in [-0.1, -0.05) is 25.1 Å². The molecule has 3 rings (SSSR count). The van der Waals surface area contributed by atoms with Gasteiger partial charge in [-0.3, -0.25) is 4.79 Å². The SMILES string of the molecule is CCNCc1cccc(NC(=O)CCCc2ccc3[nH]c(=O)[nH]c3c2)c1. The molecule has 0 saturated carbocycles. The average molecular weight is 352 g/mol. The first-order chi connectivity index (χ1) is 12.6. The normalized spacial score (nSPS) is 11.0. The third-order valence-corrected chi connectivity index (χ3v) is 4.24. The molecule has 26 heavy (non-hydrogen) atoms. The number of nitrogens with one attached hydrogen (secondary N) is 4. The largest absolute Gasteiger partial charge is 0.326 e. The zero-order valence-corrected chi connectivity index (χ0v) is 14.9. The zero-order valence-electron chi connectivity index (χ0n) is 14.9. The Bertz CT molecular complexity index is 942. The zero-order chi connectivity index (χ0) is 18.4. The van der Waals surface area contributed by atoms with E-state index in [1.54, 1.807) is 0 Å². The van der Waals surface area contributed by atoms with E-state index in [0.717, 1.165) is 53.8 Å². The maximum absolute atomic E-state index is 12.2. The standard InChI is InChI=1S/C20H24N4O2/c1-2-21-13-15-6-3-7-16(11-15)22-19(25)8-4-5-14-9-10-17-18(12-14)24-20(26)23-17/h3,6-7,9-12,21H,2,4-5,8,13H2,1H3,(H,22,25)(H2,23,24,26). The molecule has 0 aliphatic rings. The minimum absolute atomic E-state index is 0.0155. The van der Waals surface area contributed by atoms with Crippen molar-refractivity contribution in [1.29, 1.82) is 0 Å². The van der Waals surface area contributed by atoms with Crippen molar-refractivity contribution in [1.82, 2.24) is 15.3 Å². The molecule has 0 bridgehead atoms. The number of rotatable bonds is 8. The van der Waals surface area contributed by atoms with Gasteiger partial charge in [-0.05, 0) is 54.8 Å². The predicted molar refractivity (Wildman–Crippen MR) is 104 cm³/mol.